The Balaban J connectivity index is 1.76. The molecule has 0 saturated heterocycles. The van der Waals surface area contributed by atoms with Crippen LogP contribution < -0.4 is 0 Å². The number of aromatic nitrogens is 2. The van der Waals surface area contributed by atoms with Gasteiger partial charge in [-0.25, -0.2) is 9.78 Å². The lowest BCUT2D eigenvalue weighted by Gasteiger charge is -2.07. The van der Waals surface area contributed by atoms with Crippen LogP contribution in [0.2, 0.25) is 5.02 Å². The van der Waals surface area contributed by atoms with Gasteiger partial charge in [-0.1, -0.05) is 35.9 Å². The van der Waals surface area contributed by atoms with Gasteiger partial charge in [-0.3, -0.25) is 4.40 Å². The molecule has 0 spiro atoms. The Bertz CT molecular complexity index is 1080. The molecule has 26 heavy (non-hydrogen) atoms. The largest absolute Gasteiger partial charge is 0.465 e. The van der Waals surface area contributed by atoms with E-state index >= 15 is 0 Å². The predicted octanol–water partition coefficient (Wildman–Crippen LogP) is 5.11. The highest BCUT2D eigenvalue weighted by Crippen LogP contribution is 2.26. The van der Waals surface area contributed by atoms with Gasteiger partial charge in [0.2, 0.25) is 0 Å². The number of ether oxygens (including phenoxy) is 1. The number of fused-ring (bicyclic) bond motifs is 1. The molecule has 0 radical (unpaired) electrons. The van der Waals surface area contributed by atoms with Crippen molar-refractivity contribution in [2.75, 3.05) is 7.11 Å². The summed E-state index contributed by atoms with van der Waals surface area (Å²) in [5, 5.41) is 0.703. The van der Waals surface area contributed by atoms with Crippen LogP contribution in [0.5, 0.6) is 0 Å². The highest BCUT2D eigenvalue weighted by atomic mass is 35.5. The summed E-state index contributed by atoms with van der Waals surface area (Å²) in [6.45, 7) is 0. The number of carbonyl (C=O) groups excluding carboxylic acids is 1. The fourth-order valence-corrected chi connectivity index (χ4v) is 3.03. The Hall–Kier alpha value is -3.11. The van der Waals surface area contributed by atoms with Gasteiger partial charge in [0.25, 0.3) is 0 Å². The van der Waals surface area contributed by atoms with E-state index in [0.29, 0.717) is 10.6 Å². The fraction of sp³-hybridized carbons (Fsp3) is 0.0476. The number of halogens is 1. The number of esters is 1. The third-order valence-corrected chi connectivity index (χ3v) is 4.54. The van der Waals surface area contributed by atoms with Gasteiger partial charge in [-0.15, -0.1) is 0 Å². The van der Waals surface area contributed by atoms with Crippen LogP contribution in [0.25, 0.3) is 28.0 Å². The average Bonchev–Trinajstić information content (AvgIpc) is 3.11. The van der Waals surface area contributed by atoms with E-state index in [4.69, 9.17) is 16.3 Å². The summed E-state index contributed by atoms with van der Waals surface area (Å²) in [6, 6.07) is 19.0. The van der Waals surface area contributed by atoms with Gasteiger partial charge in [0.05, 0.1) is 24.6 Å². The van der Waals surface area contributed by atoms with Crippen molar-refractivity contribution in [2.24, 2.45) is 0 Å². The Morgan fingerprint density at radius 2 is 1.58 bits per heavy atom. The lowest BCUT2D eigenvalue weighted by Crippen LogP contribution is -2.00. The van der Waals surface area contributed by atoms with Crippen molar-refractivity contribution < 1.29 is 9.53 Å². The van der Waals surface area contributed by atoms with Gasteiger partial charge in [-0.05, 0) is 47.5 Å². The van der Waals surface area contributed by atoms with E-state index < -0.39 is 0 Å². The maximum atomic E-state index is 11.6. The molecule has 4 aromatic rings. The molecule has 0 aliphatic carbocycles. The molecule has 2 heterocycles. The van der Waals surface area contributed by atoms with Crippen LogP contribution in [0.4, 0.5) is 0 Å². The first-order valence-corrected chi connectivity index (χ1v) is 8.45. The van der Waals surface area contributed by atoms with Crippen molar-refractivity contribution in [3.8, 4) is 22.4 Å². The highest BCUT2D eigenvalue weighted by Gasteiger charge is 2.09. The zero-order chi connectivity index (χ0) is 18.1. The van der Waals surface area contributed by atoms with Gasteiger partial charge in [-0.2, -0.15) is 0 Å². The van der Waals surface area contributed by atoms with Crippen molar-refractivity contribution in [3.63, 3.8) is 0 Å². The van der Waals surface area contributed by atoms with Gasteiger partial charge in [0, 0.05) is 16.8 Å². The molecule has 0 unspecified atom stereocenters. The molecule has 0 N–H and O–H groups in total. The summed E-state index contributed by atoms with van der Waals surface area (Å²) in [6.07, 6.45) is 3.89. The number of hydrogen-bond acceptors (Lipinski definition) is 3. The van der Waals surface area contributed by atoms with Gasteiger partial charge in [0.15, 0.2) is 0 Å². The topological polar surface area (TPSA) is 43.6 Å². The molecule has 0 saturated carbocycles. The van der Waals surface area contributed by atoms with Crippen LogP contribution in [0.15, 0.2) is 73.1 Å². The highest BCUT2D eigenvalue weighted by molar-refractivity contribution is 6.30. The first-order valence-electron chi connectivity index (χ1n) is 8.07. The van der Waals surface area contributed by atoms with Crippen molar-refractivity contribution in [2.45, 2.75) is 0 Å². The van der Waals surface area contributed by atoms with E-state index in [-0.39, 0.29) is 5.97 Å². The van der Waals surface area contributed by atoms with Crippen LogP contribution in [-0.2, 0) is 4.74 Å². The van der Waals surface area contributed by atoms with Crippen LogP contribution in [-0.4, -0.2) is 22.5 Å². The molecule has 5 heteroatoms. The zero-order valence-electron chi connectivity index (χ0n) is 14.0. The SMILES string of the molecule is COC(=O)c1ccc(-c2ccc3ncc(-c4ccc(Cl)cc4)n3c2)cc1. The van der Waals surface area contributed by atoms with E-state index in [0.717, 1.165) is 28.0 Å². The fourth-order valence-electron chi connectivity index (χ4n) is 2.90. The summed E-state index contributed by atoms with van der Waals surface area (Å²) in [5.74, 6) is -0.341. The van der Waals surface area contributed by atoms with Crippen LogP contribution >= 0.6 is 11.6 Å². The number of imidazole rings is 1. The number of rotatable bonds is 3. The third kappa shape index (κ3) is 2.95. The van der Waals surface area contributed by atoms with Crippen LogP contribution in [0.1, 0.15) is 10.4 Å². The normalized spacial score (nSPS) is 10.8. The number of hydrogen-bond donors (Lipinski definition) is 0. The summed E-state index contributed by atoms with van der Waals surface area (Å²) in [7, 11) is 1.38. The van der Waals surface area contributed by atoms with Crippen LogP contribution in [0.3, 0.4) is 0 Å². The predicted molar refractivity (Wildman–Crippen MR) is 102 cm³/mol. The zero-order valence-corrected chi connectivity index (χ0v) is 14.8. The number of nitrogens with zero attached hydrogens (tertiary/aromatic N) is 2. The molecule has 4 rings (SSSR count). The molecule has 0 atom stereocenters. The lowest BCUT2D eigenvalue weighted by atomic mass is 10.1. The minimum Gasteiger partial charge on any atom is -0.465 e. The summed E-state index contributed by atoms with van der Waals surface area (Å²) >= 11 is 5.99. The van der Waals surface area contributed by atoms with Crippen molar-refractivity contribution in [3.05, 3.63) is 83.6 Å². The molecule has 2 aromatic heterocycles. The lowest BCUT2D eigenvalue weighted by molar-refractivity contribution is 0.0601. The number of carbonyl (C=O) groups is 1. The molecule has 0 aliphatic rings. The average molecular weight is 363 g/mol. The second kappa shape index (κ2) is 6.65. The Morgan fingerprint density at radius 3 is 2.27 bits per heavy atom. The molecule has 2 aromatic carbocycles. The third-order valence-electron chi connectivity index (χ3n) is 4.28. The van der Waals surface area contributed by atoms with E-state index in [1.807, 2.05) is 65.3 Å². The van der Waals surface area contributed by atoms with Crippen molar-refractivity contribution in [1.82, 2.24) is 9.38 Å². The van der Waals surface area contributed by atoms with Crippen molar-refractivity contribution >= 4 is 23.2 Å². The monoisotopic (exact) mass is 362 g/mol. The van der Waals surface area contributed by atoms with Crippen molar-refractivity contribution in [1.29, 1.82) is 0 Å². The van der Waals surface area contributed by atoms with Gasteiger partial charge in [0.1, 0.15) is 5.65 Å². The minimum absolute atomic E-state index is 0.341. The number of pyridine rings is 1. The van der Waals surface area contributed by atoms with E-state index in [9.17, 15) is 4.79 Å². The molecular weight excluding hydrogens is 348 g/mol. The minimum atomic E-state index is -0.341. The van der Waals surface area contributed by atoms with Crippen LogP contribution in [0, 0.1) is 0 Å². The van der Waals surface area contributed by atoms with Gasteiger partial charge >= 0.3 is 5.97 Å². The molecule has 0 fully saturated rings. The van der Waals surface area contributed by atoms with Gasteiger partial charge < -0.3 is 4.74 Å². The molecule has 0 amide bonds. The number of benzene rings is 2. The standard InChI is InChI=1S/C21H15ClN2O2/c1-26-21(25)16-4-2-14(3-5-16)17-8-11-20-23-12-19(24(20)13-17)15-6-9-18(22)10-7-15/h2-13H,1H3. The first-order chi connectivity index (χ1) is 12.7. The summed E-state index contributed by atoms with van der Waals surface area (Å²) in [4.78, 5) is 16.1. The summed E-state index contributed by atoms with van der Waals surface area (Å²) < 4.78 is 6.79. The second-order valence-electron chi connectivity index (χ2n) is 5.87. The Morgan fingerprint density at radius 1 is 0.923 bits per heavy atom. The molecule has 0 aliphatic heterocycles. The Labute approximate surface area is 155 Å². The first kappa shape index (κ1) is 16.4. The second-order valence-corrected chi connectivity index (χ2v) is 6.30. The number of methoxy groups -OCH3 is 1. The molecule has 0 bridgehead atoms. The molecule has 4 nitrogen and oxygen atoms in total. The van der Waals surface area contributed by atoms with E-state index in [1.165, 1.54) is 7.11 Å². The quantitative estimate of drug-likeness (QED) is 0.476. The maximum Gasteiger partial charge on any atom is 0.337 e. The molecular formula is C21H15ClN2O2. The summed E-state index contributed by atoms with van der Waals surface area (Å²) in [5.41, 5.74) is 5.47. The molecule has 128 valence electrons. The van der Waals surface area contributed by atoms with E-state index in [2.05, 4.69) is 4.98 Å². The maximum absolute atomic E-state index is 11.6. The Kier molecular flexibility index (Phi) is 4.19. The smallest absolute Gasteiger partial charge is 0.337 e. The van der Waals surface area contributed by atoms with E-state index in [1.54, 1.807) is 12.1 Å².